The second-order valence-electron chi connectivity index (χ2n) is 7.96. The van der Waals surface area contributed by atoms with Gasteiger partial charge in [-0.05, 0) is 38.0 Å². The zero-order chi connectivity index (χ0) is 20.4. The first kappa shape index (κ1) is 19.4. The van der Waals surface area contributed by atoms with Gasteiger partial charge < -0.3 is 20.5 Å². The van der Waals surface area contributed by atoms with Gasteiger partial charge in [-0.15, -0.1) is 0 Å². The standard InChI is InChI=1S/C21H25N5O3/c1-21(2,28)5-6-22-20(27)17-10-23-18-4-3-13(14-8-24-25-9-14)7-16(18)19(17)26-15-11-29-12-15/h3-4,7-10,15,28H,5-6,11-12H2,1-2H3,(H,22,27)(H,23,26)(H,24,25). The number of H-pyrrole nitrogens is 1. The van der Waals surface area contributed by atoms with Crippen LogP contribution in [-0.4, -0.2) is 57.6 Å². The number of hydrogen-bond acceptors (Lipinski definition) is 6. The highest BCUT2D eigenvalue weighted by Gasteiger charge is 2.23. The molecule has 8 heteroatoms. The van der Waals surface area contributed by atoms with Crippen LogP contribution in [0.1, 0.15) is 30.6 Å². The Hall–Kier alpha value is -2.97. The molecule has 1 aromatic carbocycles. The van der Waals surface area contributed by atoms with Crippen LogP contribution >= 0.6 is 0 Å². The van der Waals surface area contributed by atoms with Gasteiger partial charge in [-0.1, -0.05) is 6.07 Å². The molecule has 0 spiro atoms. The summed E-state index contributed by atoms with van der Waals surface area (Å²) in [4.78, 5) is 17.4. The summed E-state index contributed by atoms with van der Waals surface area (Å²) in [5.74, 6) is -0.222. The second-order valence-corrected chi connectivity index (χ2v) is 7.96. The number of fused-ring (bicyclic) bond motifs is 1. The molecular weight excluding hydrogens is 370 g/mol. The van der Waals surface area contributed by atoms with Crippen LogP contribution in [0.5, 0.6) is 0 Å². The van der Waals surface area contributed by atoms with E-state index in [1.54, 1.807) is 26.2 Å². The minimum atomic E-state index is -0.835. The van der Waals surface area contributed by atoms with Crippen LogP contribution in [0.25, 0.3) is 22.0 Å². The fourth-order valence-electron chi connectivity index (χ4n) is 3.21. The zero-order valence-electron chi connectivity index (χ0n) is 16.5. The van der Waals surface area contributed by atoms with E-state index in [-0.39, 0.29) is 11.9 Å². The SMILES string of the molecule is CC(C)(O)CCNC(=O)c1cnc2ccc(-c3cn[nH]c3)cc2c1NC1COC1. The van der Waals surface area contributed by atoms with E-state index in [1.165, 1.54) is 0 Å². The third-order valence-corrected chi connectivity index (χ3v) is 4.95. The summed E-state index contributed by atoms with van der Waals surface area (Å²) in [5.41, 5.74) is 3.14. The van der Waals surface area contributed by atoms with Gasteiger partial charge in [0, 0.05) is 29.9 Å². The largest absolute Gasteiger partial charge is 0.390 e. The molecule has 3 heterocycles. The van der Waals surface area contributed by atoms with Gasteiger partial charge in [-0.2, -0.15) is 5.10 Å². The Morgan fingerprint density at radius 2 is 2.14 bits per heavy atom. The van der Waals surface area contributed by atoms with Crippen LogP contribution in [-0.2, 0) is 4.74 Å². The molecular formula is C21H25N5O3. The van der Waals surface area contributed by atoms with E-state index >= 15 is 0 Å². The summed E-state index contributed by atoms with van der Waals surface area (Å²) in [6.07, 6.45) is 5.65. The second kappa shape index (κ2) is 7.81. The minimum absolute atomic E-state index is 0.154. The van der Waals surface area contributed by atoms with Gasteiger partial charge in [0.1, 0.15) is 0 Å². The average molecular weight is 395 g/mol. The quantitative estimate of drug-likeness (QED) is 0.488. The number of benzene rings is 1. The number of anilines is 1. The maximum Gasteiger partial charge on any atom is 0.254 e. The van der Waals surface area contributed by atoms with Crippen LogP contribution in [0.2, 0.25) is 0 Å². The molecule has 0 saturated carbocycles. The van der Waals surface area contributed by atoms with Crippen LogP contribution in [0.15, 0.2) is 36.8 Å². The first-order valence-electron chi connectivity index (χ1n) is 9.67. The van der Waals surface area contributed by atoms with Crippen molar-refractivity contribution in [2.45, 2.75) is 31.9 Å². The highest BCUT2D eigenvalue weighted by Crippen LogP contribution is 2.31. The van der Waals surface area contributed by atoms with E-state index < -0.39 is 5.60 Å². The van der Waals surface area contributed by atoms with Gasteiger partial charge in [0.2, 0.25) is 0 Å². The predicted molar refractivity (Wildman–Crippen MR) is 111 cm³/mol. The van der Waals surface area contributed by atoms with Crippen molar-refractivity contribution in [2.75, 3.05) is 25.1 Å². The molecule has 1 aliphatic rings. The van der Waals surface area contributed by atoms with E-state index in [1.807, 2.05) is 24.4 Å². The summed E-state index contributed by atoms with van der Waals surface area (Å²) in [6.45, 7) is 5.02. The molecule has 2 aromatic heterocycles. The fourth-order valence-corrected chi connectivity index (χ4v) is 3.21. The minimum Gasteiger partial charge on any atom is -0.390 e. The third kappa shape index (κ3) is 4.38. The van der Waals surface area contributed by atoms with Gasteiger partial charge >= 0.3 is 0 Å². The lowest BCUT2D eigenvalue weighted by Crippen LogP contribution is -2.41. The number of carbonyl (C=O) groups is 1. The lowest BCUT2D eigenvalue weighted by molar-refractivity contribution is 0.0211. The van der Waals surface area contributed by atoms with Crippen molar-refractivity contribution in [1.82, 2.24) is 20.5 Å². The number of amides is 1. The van der Waals surface area contributed by atoms with Gasteiger partial charge in [0.25, 0.3) is 5.91 Å². The fraction of sp³-hybridized carbons (Fsp3) is 0.381. The average Bonchev–Trinajstić information content (AvgIpc) is 3.17. The molecule has 0 unspecified atom stereocenters. The number of carbonyl (C=O) groups excluding carboxylic acids is 1. The Labute approximate surface area is 168 Å². The smallest absolute Gasteiger partial charge is 0.254 e. The van der Waals surface area contributed by atoms with Crippen molar-refractivity contribution in [2.24, 2.45) is 0 Å². The van der Waals surface area contributed by atoms with Crippen molar-refractivity contribution in [3.8, 4) is 11.1 Å². The summed E-state index contributed by atoms with van der Waals surface area (Å²) in [7, 11) is 0. The van der Waals surface area contributed by atoms with Crippen LogP contribution in [0, 0.1) is 0 Å². The number of rotatable bonds is 7. The van der Waals surface area contributed by atoms with E-state index in [4.69, 9.17) is 4.74 Å². The molecule has 0 radical (unpaired) electrons. The molecule has 4 N–H and O–H groups in total. The van der Waals surface area contributed by atoms with Crippen molar-refractivity contribution >= 4 is 22.5 Å². The van der Waals surface area contributed by atoms with Crippen molar-refractivity contribution in [3.63, 3.8) is 0 Å². The normalized spacial score (nSPS) is 14.6. The van der Waals surface area contributed by atoms with E-state index in [2.05, 4.69) is 25.8 Å². The molecule has 3 aromatic rings. The first-order valence-corrected chi connectivity index (χ1v) is 9.67. The zero-order valence-corrected chi connectivity index (χ0v) is 16.5. The topological polar surface area (TPSA) is 112 Å². The number of pyridine rings is 1. The number of hydrogen-bond donors (Lipinski definition) is 4. The Morgan fingerprint density at radius 3 is 2.79 bits per heavy atom. The molecule has 0 aliphatic carbocycles. The number of aromatic amines is 1. The molecule has 1 aliphatic heterocycles. The molecule has 1 saturated heterocycles. The Kier molecular flexibility index (Phi) is 5.21. The van der Waals surface area contributed by atoms with Crippen molar-refractivity contribution in [1.29, 1.82) is 0 Å². The molecule has 8 nitrogen and oxygen atoms in total. The van der Waals surface area contributed by atoms with E-state index in [0.29, 0.717) is 31.7 Å². The Morgan fingerprint density at radius 1 is 1.31 bits per heavy atom. The summed E-state index contributed by atoms with van der Waals surface area (Å²) in [5, 5.41) is 23.9. The predicted octanol–water partition coefficient (Wildman–Crippen LogP) is 2.33. The maximum absolute atomic E-state index is 12.9. The van der Waals surface area contributed by atoms with E-state index in [9.17, 15) is 9.90 Å². The number of nitrogens with one attached hydrogen (secondary N) is 3. The van der Waals surface area contributed by atoms with Crippen LogP contribution in [0.4, 0.5) is 5.69 Å². The highest BCUT2D eigenvalue weighted by molar-refractivity contribution is 6.07. The summed E-state index contributed by atoms with van der Waals surface area (Å²) >= 11 is 0. The molecule has 4 rings (SSSR count). The summed E-state index contributed by atoms with van der Waals surface area (Å²) < 4.78 is 5.29. The molecule has 1 fully saturated rings. The lowest BCUT2D eigenvalue weighted by Gasteiger charge is -2.29. The van der Waals surface area contributed by atoms with Gasteiger partial charge in [-0.3, -0.25) is 14.9 Å². The lowest BCUT2D eigenvalue weighted by atomic mass is 10.0. The number of aromatic nitrogens is 3. The Balaban J connectivity index is 1.70. The number of nitrogens with zero attached hydrogens (tertiary/aromatic N) is 2. The maximum atomic E-state index is 12.9. The first-order chi connectivity index (χ1) is 13.9. The van der Waals surface area contributed by atoms with Gasteiger partial charge in [0.05, 0.1) is 47.8 Å². The molecule has 0 atom stereocenters. The van der Waals surface area contributed by atoms with Crippen LogP contribution in [0.3, 0.4) is 0 Å². The van der Waals surface area contributed by atoms with Crippen molar-refractivity contribution < 1.29 is 14.6 Å². The number of ether oxygens (including phenoxy) is 1. The third-order valence-electron chi connectivity index (χ3n) is 4.95. The van der Waals surface area contributed by atoms with Crippen molar-refractivity contribution in [3.05, 3.63) is 42.4 Å². The molecule has 0 bridgehead atoms. The number of aliphatic hydroxyl groups is 1. The Bertz CT molecular complexity index is 1010. The molecule has 1 amide bonds. The van der Waals surface area contributed by atoms with Gasteiger partial charge in [-0.25, -0.2) is 0 Å². The highest BCUT2D eigenvalue weighted by atomic mass is 16.5. The van der Waals surface area contributed by atoms with E-state index in [0.717, 1.165) is 27.7 Å². The van der Waals surface area contributed by atoms with Gasteiger partial charge in [0.15, 0.2) is 0 Å². The molecule has 152 valence electrons. The molecule has 29 heavy (non-hydrogen) atoms. The monoisotopic (exact) mass is 395 g/mol. The summed E-state index contributed by atoms with van der Waals surface area (Å²) in [6, 6.07) is 6.10. The van der Waals surface area contributed by atoms with Crippen LogP contribution < -0.4 is 10.6 Å².